The number of sulfonamides is 1. The Labute approximate surface area is 178 Å². The molecule has 1 unspecified atom stereocenters. The van der Waals surface area contributed by atoms with Gasteiger partial charge in [-0.3, -0.25) is 0 Å². The Kier molecular flexibility index (Phi) is 5.88. The molecule has 2 aliphatic heterocycles. The van der Waals surface area contributed by atoms with Crippen molar-refractivity contribution in [3.05, 3.63) is 36.8 Å². The summed E-state index contributed by atoms with van der Waals surface area (Å²) in [4.78, 5) is 3.97. The summed E-state index contributed by atoms with van der Waals surface area (Å²) in [6.45, 7) is 1.58. The first-order valence-corrected chi connectivity index (χ1v) is 11.2. The van der Waals surface area contributed by atoms with Crippen LogP contribution in [0, 0.1) is 11.8 Å². The van der Waals surface area contributed by atoms with Gasteiger partial charge in [0.05, 0.1) is 6.33 Å². The molecule has 3 heterocycles. The van der Waals surface area contributed by atoms with E-state index in [1.165, 1.54) is 35.0 Å². The third kappa shape index (κ3) is 4.96. The van der Waals surface area contributed by atoms with Gasteiger partial charge in [-0.2, -0.15) is 4.31 Å². The summed E-state index contributed by atoms with van der Waals surface area (Å²) in [6.07, 6.45) is -1.12. The number of nitrogens with one attached hydrogen (secondary N) is 1. The molecular weight excluding hydrogens is 437 g/mol. The molecule has 1 aromatic carbocycles. The molecule has 2 aliphatic rings. The summed E-state index contributed by atoms with van der Waals surface area (Å²) in [6, 6.07) is 5.25. The smallest absolute Gasteiger partial charge is 0.406 e. The van der Waals surface area contributed by atoms with Gasteiger partial charge in [0.25, 0.3) is 10.0 Å². The van der Waals surface area contributed by atoms with Crippen LogP contribution in [0.3, 0.4) is 0 Å². The summed E-state index contributed by atoms with van der Waals surface area (Å²) in [5, 5.41) is 3.19. The van der Waals surface area contributed by atoms with Crippen LogP contribution in [0.15, 0.2) is 41.8 Å². The fourth-order valence-electron chi connectivity index (χ4n) is 4.16. The first-order chi connectivity index (χ1) is 14.6. The number of hydrogen-bond donors (Lipinski definition) is 1. The fraction of sp³-hybridized carbons (Fsp3) is 0.526. The van der Waals surface area contributed by atoms with E-state index in [4.69, 9.17) is 4.74 Å². The summed E-state index contributed by atoms with van der Waals surface area (Å²) in [5.74, 6) is -0.251. The number of ether oxygens (including phenoxy) is 2. The molecule has 12 heteroatoms. The lowest BCUT2D eigenvalue weighted by atomic mass is 9.87. The number of imidazole rings is 1. The lowest BCUT2D eigenvalue weighted by Crippen LogP contribution is -2.33. The second-order valence-corrected chi connectivity index (χ2v) is 9.70. The SMILES string of the molecule is Cn1cnc(S(=O)(=O)N2C[C@H](Nc3cccc(OC(F)(F)F)c3)[C@@H](C3CCOC3)C2)c1. The number of benzene rings is 1. The normalized spacial score (nSPS) is 25.1. The van der Waals surface area contributed by atoms with Crippen LogP contribution in [0.4, 0.5) is 18.9 Å². The second kappa shape index (κ2) is 8.32. The summed E-state index contributed by atoms with van der Waals surface area (Å²) in [7, 11) is -2.10. The molecule has 8 nitrogen and oxygen atoms in total. The first kappa shape index (κ1) is 21.9. The predicted octanol–water partition coefficient (Wildman–Crippen LogP) is 2.46. The Morgan fingerprint density at radius 3 is 2.74 bits per heavy atom. The number of alkyl halides is 3. The Hall–Kier alpha value is -2.31. The zero-order chi connectivity index (χ0) is 22.2. The fourth-order valence-corrected chi connectivity index (χ4v) is 5.63. The van der Waals surface area contributed by atoms with Crippen molar-refractivity contribution in [2.24, 2.45) is 18.9 Å². The van der Waals surface area contributed by atoms with E-state index in [0.29, 0.717) is 18.9 Å². The number of aromatic nitrogens is 2. The number of nitrogens with zero attached hydrogens (tertiary/aromatic N) is 3. The predicted molar refractivity (Wildman–Crippen MR) is 105 cm³/mol. The molecule has 2 aromatic rings. The van der Waals surface area contributed by atoms with Crippen molar-refractivity contribution in [3.8, 4) is 5.75 Å². The quantitative estimate of drug-likeness (QED) is 0.713. The highest BCUT2D eigenvalue weighted by Gasteiger charge is 2.44. The number of anilines is 1. The van der Waals surface area contributed by atoms with E-state index in [1.807, 2.05) is 0 Å². The third-order valence-corrected chi connectivity index (χ3v) is 7.32. The van der Waals surface area contributed by atoms with Crippen LogP contribution in [0.5, 0.6) is 5.75 Å². The Bertz CT molecular complexity index is 1020. The minimum absolute atomic E-state index is 0.0300. The maximum atomic E-state index is 13.1. The van der Waals surface area contributed by atoms with Gasteiger partial charge in [-0.05, 0) is 30.4 Å². The van der Waals surface area contributed by atoms with E-state index in [0.717, 1.165) is 6.42 Å². The molecule has 2 fully saturated rings. The monoisotopic (exact) mass is 460 g/mol. The van der Waals surface area contributed by atoms with Crippen molar-refractivity contribution in [1.29, 1.82) is 0 Å². The van der Waals surface area contributed by atoms with Crippen LogP contribution in [0.1, 0.15) is 6.42 Å². The lowest BCUT2D eigenvalue weighted by molar-refractivity contribution is -0.274. The van der Waals surface area contributed by atoms with Gasteiger partial charge in [-0.25, -0.2) is 13.4 Å². The average Bonchev–Trinajstić information content (AvgIpc) is 3.41. The minimum Gasteiger partial charge on any atom is -0.406 e. The lowest BCUT2D eigenvalue weighted by Gasteiger charge is -2.25. The van der Waals surface area contributed by atoms with Crippen LogP contribution in [0.25, 0.3) is 0 Å². The average molecular weight is 460 g/mol. The van der Waals surface area contributed by atoms with Crippen LogP contribution < -0.4 is 10.1 Å². The Morgan fingerprint density at radius 1 is 1.29 bits per heavy atom. The van der Waals surface area contributed by atoms with Gasteiger partial charge in [0, 0.05) is 57.3 Å². The van der Waals surface area contributed by atoms with Crippen molar-refractivity contribution >= 4 is 15.7 Å². The molecule has 0 amide bonds. The number of halogens is 3. The zero-order valence-corrected chi connectivity index (χ0v) is 17.6. The van der Waals surface area contributed by atoms with Gasteiger partial charge >= 0.3 is 6.36 Å². The molecule has 4 rings (SSSR count). The molecule has 1 aromatic heterocycles. The standard InChI is InChI=1S/C19H23F3N4O4S/c1-25-10-18(23-12-25)31(27,28)26-8-16(13-5-6-29-11-13)17(9-26)24-14-3-2-4-15(7-14)30-19(20,21)22/h2-4,7,10,12-13,16-17,24H,5-6,8-9,11H2,1H3/t13?,16-,17+/m1/s1. The van der Waals surface area contributed by atoms with Crippen molar-refractivity contribution in [2.75, 3.05) is 31.6 Å². The molecule has 0 aliphatic carbocycles. The second-order valence-electron chi connectivity index (χ2n) is 7.81. The molecule has 0 spiro atoms. The van der Waals surface area contributed by atoms with E-state index in [2.05, 4.69) is 15.0 Å². The highest BCUT2D eigenvalue weighted by molar-refractivity contribution is 7.89. The van der Waals surface area contributed by atoms with Crippen molar-refractivity contribution in [3.63, 3.8) is 0 Å². The summed E-state index contributed by atoms with van der Waals surface area (Å²) >= 11 is 0. The van der Waals surface area contributed by atoms with Gasteiger partial charge < -0.3 is 19.4 Å². The highest BCUT2D eigenvalue weighted by Crippen LogP contribution is 2.35. The molecule has 0 saturated carbocycles. The van der Waals surface area contributed by atoms with E-state index in [1.54, 1.807) is 17.7 Å². The zero-order valence-electron chi connectivity index (χ0n) is 16.7. The van der Waals surface area contributed by atoms with Gasteiger partial charge in [-0.15, -0.1) is 13.2 Å². The minimum atomic E-state index is -4.79. The topological polar surface area (TPSA) is 85.7 Å². The van der Waals surface area contributed by atoms with Crippen LogP contribution in [-0.2, 0) is 21.8 Å². The van der Waals surface area contributed by atoms with Crippen molar-refractivity contribution in [1.82, 2.24) is 13.9 Å². The Morgan fingerprint density at radius 2 is 2.10 bits per heavy atom. The van der Waals surface area contributed by atoms with Crippen LogP contribution in [0.2, 0.25) is 0 Å². The molecule has 1 N–H and O–H groups in total. The molecule has 2 saturated heterocycles. The number of aryl methyl sites for hydroxylation is 1. The van der Waals surface area contributed by atoms with E-state index in [-0.39, 0.29) is 41.7 Å². The van der Waals surface area contributed by atoms with Crippen molar-refractivity contribution < 1.29 is 31.1 Å². The van der Waals surface area contributed by atoms with Gasteiger partial charge in [0.2, 0.25) is 0 Å². The molecule has 0 radical (unpaired) electrons. The van der Waals surface area contributed by atoms with Gasteiger partial charge in [-0.1, -0.05) is 6.07 Å². The van der Waals surface area contributed by atoms with E-state index >= 15 is 0 Å². The van der Waals surface area contributed by atoms with Crippen molar-refractivity contribution in [2.45, 2.75) is 23.9 Å². The summed E-state index contributed by atoms with van der Waals surface area (Å²) in [5.41, 5.74) is 0.424. The van der Waals surface area contributed by atoms with Gasteiger partial charge in [0.1, 0.15) is 5.75 Å². The number of rotatable bonds is 6. The molecule has 170 valence electrons. The molecule has 3 atom stereocenters. The first-order valence-electron chi connectivity index (χ1n) is 9.80. The maximum Gasteiger partial charge on any atom is 0.573 e. The molecule has 0 bridgehead atoms. The van der Waals surface area contributed by atoms with Crippen LogP contribution in [-0.4, -0.2) is 61.0 Å². The molecule has 31 heavy (non-hydrogen) atoms. The highest BCUT2D eigenvalue weighted by atomic mass is 32.2. The third-order valence-electron chi connectivity index (χ3n) is 5.61. The maximum absolute atomic E-state index is 13.1. The number of hydrogen-bond acceptors (Lipinski definition) is 6. The largest absolute Gasteiger partial charge is 0.573 e. The van der Waals surface area contributed by atoms with E-state index in [9.17, 15) is 21.6 Å². The van der Waals surface area contributed by atoms with Crippen LogP contribution >= 0.6 is 0 Å². The van der Waals surface area contributed by atoms with E-state index < -0.39 is 16.4 Å². The molecular formula is C19H23F3N4O4S. The Balaban J connectivity index is 1.56. The summed E-state index contributed by atoms with van der Waals surface area (Å²) < 4.78 is 76.2. The van der Waals surface area contributed by atoms with Gasteiger partial charge in [0.15, 0.2) is 5.03 Å².